The van der Waals surface area contributed by atoms with Crippen molar-refractivity contribution in [1.82, 2.24) is 14.2 Å². The molecular formula is C19H23N3O5S. The lowest BCUT2D eigenvalue weighted by molar-refractivity contribution is 0.0307. The molecule has 4 rings (SSSR count). The number of amides is 1. The van der Waals surface area contributed by atoms with E-state index in [0.717, 1.165) is 0 Å². The highest BCUT2D eigenvalue weighted by atomic mass is 32.2. The molecule has 1 aromatic heterocycles. The maximum Gasteiger partial charge on any atom is 0.291 e. The zero-order valence-electron chi connectivity index (χ0n) is 15.9. The van der Waals surface area contributed by atoms with E-state index >= 15 is 0 Å². The summed E-state index contributed by atoms with van der Waals surface area (Å²) in [5.41, 5.74) is 0.227. The Bertz CT molecular complexity index is 993. The first-order chi connectivity index (χ1) is 13.3. The summed E-state index contributed by atoms with van der Waals surface area (Å²) in [6.07, 6.45) is 2.57. The molecule has 2 aliphatic heterocycles. The SMILES string of the molecule is Cc1ncoc1C(=O)N1CCC2(CC1)COc1ccccc1S(=O)(=O)N(C)C2. The average molecular weight is 405 g/mol. The third kappa shape index (κ3) is 3.18. The quantitative estimate of drug-likeness (QED) is 0.720. The van der Waals surface area contributed by atoms with Crippen LogP contribution in [0.5, 0.6) is 5.75 Å². The van der Waals surface area contributed by atoms with Gasteiger partial charge in [0.2, 0.25) is 15.8 Å². The van der Waals surface area contributed by atoms with Crippen molar-refractivity contribution in [2.75, 3.05) is 33.3 Å². The molecule has 1 spiro atoms. The lowest BCUT2D eigenvalue weighted by atomic mass is 9.78. The Balaban J connectivity index is 1.54. The van der Waals surface area contributed by atoms with Gasteiger partial charge in [0.1, 0.15) is 10.6 Å². The van der Waals surface area contributed by atoms with Gasteiger partial charge < -0.3 is 14.1 Å². The highest BCUT2D eigenvalue weighted by Crippen LogP contribution is 2.38. The fourth-order valence-corrected chi connectivity index (χ4v) is 5.33. The first-order valence-electron chi connectivity index (χ1n) is 9.20. The van der Waals surface area contributed by atoms with Crippen LogP contribution in [0.3, 0.4) is 0 Å². The van der Waals surface area contributed by atoms with E-state index in [1.807, 2.05) is 0 Å². The summed E-state index contributed by atoms with van der Waals surface area (Å²) >= 11 is 0. The molecule has 1 saturated heterocycles. The molecule has 28 heavy (non-hydrogen) atoms. The number of rotatable bonds is 1. The summed E-state index contributed by atoms with van der Waals surface area (Å²) in [6, 6.07) is 6.72. The van der Waals surface area contributed by atoms with Crippen molar-refractivity contribution in [3.63, 3.8) is 0 Å². The van der Waals surface area contributed by atoms with Crippen LogP contribution in [0.15, 0.2) is 40.0 Å². The summed E-state index contributed by atoms with van der Waals surface area (Å²) in [4.78, 5) is 18.6. The Morgan fingerprint density at radius 2 is 1.93 bits per heavy atom. The minimum atomic E-state index is -3.62. The molecule has 2 aliphatic rings. The lowest BCUT2D eigenvalue weighted by Gasteiger charge is -2.44. The molecule has 150 valence electrons. The summed E-state index contributed by atoms with van der Waals surface area (Å²) in [5, 5.41) is 0. The Morgan fingerprint density at radius 3 is 2.61 bits per heavy atom. The van der Waals surface area contributed by atoms with Crippen molar-refractivity contribution in [1.29, 1.82) is 0 Å². The zero-order chi connectivity index (χ0) is 19.9. The van der Waals surface area contributed by atoms with E-state index in [2.05, 4.69) is 4.98 Å². The minimum absolute atomic E-state index is 0.178. The van der Waals surface area contributed by atoms with E-state index in [-0.39, 0.29) is 22.0 Å². The molecule has 9 heteroatoms. The topological polar surface area (TPSA) is 93.0 Å². The largest absolute Gasteiger partial charge is 0.492 e. The molecule has 0 saturated carbocycles. The van der Waals surface area contributed by atoms with Gasteiger partial charge in [-0.3, -0.25) is 4.79 Å². The number of fused-ring (bicyclic) bond motifs is 1. The molecule has 3 heterocycles. The Labute approximate surface area is 164 Å². The zero-order valence-corrected chi connectivity index (χ0v) is 16.7. The highest BCUT2D eigenvalue weighted by Gasteiger charge is 2.42. The number of hydrogen-bond donors (Lipinski definition) is 0. The normalized spacial score (nSPS) is 21.4. The predicted octanol–water partition coefficient (Wildman–Crippen LogP) is 1.92. The van der Waals surface area contributed by atoms with Gasteiger partial charge in [0.25, 0.3) is 5.91 Å². The van der Waals surface area contributed by atoms with Gasteiger partial charge in [-0.05, 0) is 31.9 Å². The number of sulfonamides is 1. The van der Waals surface area contributed by atoms with Crippen LogP contribution >= 0.6 is 0 Å². The number of piperidine rings is 1. The highest BCUT2D eigenvalue weighted by molar-refractivity contribution is 7.89. The van der Waals surface area contributed by atoms with E-state index in [9.17, 15) is 13.2 Å². The monoisotopic (exact) mass is 405 g/mol. The van der Waals surface area contributed by atoms with Gasteiger partial charge in [0.05, 0.1) is 12.3 Å². The van der Waals surface area contributed by atoms with Crippen molar-refractivity contribution in [2.24, 2.45) is 5.41 Å². The minimum Gasteiger partial charge on any atom is -0.492 e. The van der Waals surface area contributed by atoms with E-state index in [0.29, 0.717) is 50.5 Å². The molecule has 0 atom stereocenters. The first kappa shape index (κ1) is 18.9. The lowest BCUT2D eigenvalue weighted by Crippen LogP contribution is -2.51. The Hall–Kier alpha value is -2.39. The molecule has 1 fully saturated rings. The average Bonchev–Trinajstić information content (AvgIpc) is 3.12. The molecule has 8 nitrogen and oxygen atoms in total. The second-order valence-electron chi connectivity index (χ2n) is 7.56. The van der Waals surface area contributed by atoms with Crippen molar-refractivity contribution in [3.8, 4) is 5.75 Å². The molecule has 2 aromatic rings. The number of carbonyl (C=O) groups excluding carboxylic acids is 1. The summed E-state index contributed by atoms with van der Waals surface area (Å²) in [6.45, 7) is 3.53. The number of ether oxygens (including phenoxy) is 1. The number of oxazole rings is 1. The smallest absolute Gasteiger partial charge is 0.291 e. The third-order valence-corrected chi connectivity index (χ3v) is 7.52. The van der Waals surface area contributed by atoms with Crippen molar-refractivity contribution in [2.45, 2.75) is 24.7 Å². The van der Waals surface area contributed by atoms with Gasteiger partial charge in [0, 0.05) is 32.1 Å². The Morgan fingerprint density at radius 1 is 1.21 bits per heavy atom. The summed E-state index contributed by atoms with van der Waals surface area (Å²) in [5.74, 6) is 0.464. The number of carbonyl (C=O) groups is 1. The second-order valence-corrected chi connectivity index (χ2v) is 9.57. The third-order valence-electron chi connectivity index (χ3n) is 5.68. The van der Waals surface area contributed by atoms with Crippen LogP contribution in [0.4, 0.5) is 0 Å². The van der Waals surface area contributed by atoms with Crippen molar-refractivity contribution in [3.05, 3.63) is 42.1 Å². The van der Waals surface area contributed by atoms with Crippen LogP contribution in [-0.4, -0.2) is 61.8 Å². The molecule has 1 amide bonds. The Kier molecular flexibility index (Phi) is 4.67. The molecule has 0 bridgehead atoms. The van der Waals surface area contributed by atoms with Crippen LogP contribution in [0.1, 0.15) is 29.1 Å². The number of aryl methyl sites for hydroxylation is 1. The van der Waals surface area contributed by atoms with E-state index in [1.165, 1.54) is 10.7 Å². The van der Waals surface area contributed by atoms with Gasteiger partial charge in [-0.15, -0.1) is 0 Å². The summed E-state index contributed by atoms with van der Waals surface area (Å²) in [7, 11) is -2.02. The number of likely N-dealkylation sites (tertiary alicyclic amines) is 1. The van der Waals surface area contributed by atoms with Gasteiger partial charge in [-0.1, -0.05) is 12.1 Å². The van der Waals surface area contributed by atoms with Crippen LogP contribution in [-0.2, 0) is 10.0 Å². The molecule has 0 N–H and O–H groups in total. The van der Waals surface area contributed by atoms with E-state index in [4.69, 9.17) is 9.15 Å². The molecule has 1 aromatic carbocycles. The molecular weight excluding hydrogens is 382 g/mol. The number of para-hydroxylation sites is 1. The maximum atomic E-state index is 12.9. The second kappa shape index (κ2) is 6.89. The van der Waals surface area contributed by atoms with Crippen LogP contribution in [0.25, 0.3) is 0 Å². The molecule has 0 unspecified atom stereocenters. The standard InChI is InChI=1S/C19H23N3O5S/c1-14-17(27-13-20-14)18(23)22-9-7-19(8-10-22)11-21(2)28(24,25)16-6-4-3-5-15(16)26-12-19/h3-6,13H,7-12H2,1-2H3. The van der Waals surface area contributed by atoms with Gasteiger partial charge in [-0.25, -0.2) is 17.7 Å². The predicted molar refractivity (Wildman–Crippen MR) is 101 cm³/mol. The number of aromatic nitrogens is 1. The van der Waals surface area contributed by atoms with E-state index in [1.54, 1.807) is 43.1 Å². The number of benzene rings is 1. The fraction of sp³-hybridized carbons (Fsp3) is 0.474. The molecule has 0 aliphatic carbocycles. The van der Waals surface area contributed by atoms with Crippen LogP contribution in [0, 0.1) is 12.3 Å². The van der Waals surface area contributed by atoms with Crippen LogP contribution in [0.2, 0.25) is 0 Å². The number of hydrogen-bond acceptors (Lipinski definition) is 6. The molecule has 0 radical (unpaired) electrons. The first-order valence-corrected chi connectivity index (χ1v) is 10.6. The summed E-state index contributed by atoms with van der Waals surface area (Å²) < 4.78 is 38.4. The van der Waals surface area contributed by atoms with Crippen molar-refractivity contribution < 1.29 is 22.4 Å². The van der Waals surface area contributed by atoms with Gasteiger partial charge in [0.15, 0.2) is 6.39 Å². The fourth-order valence-electron chi connectivity index (χ4n) is 3.92. The van der Waals surface area contributed by atoms with Gasteiger partial charge >= 0.3 is 0 Å². The van der Waals surface area contributed by atoms with Gasteiger partial charge in [-0.2, -0.15) is 0 Å². The van der Waals surface area contributed by atoms with Crippen molar-refractivity contribution >= 4 is 15.9 Å². The van der Waals surface area contributed by atoms with Crippen LogP contribution < -0.4 is 4.74 Å². The number of nitrogens with zero attached hydrogens (tertiary/aromatic N) is 3. The maximum absolute atomic E-state index is 12.9. The van der Waals surface area contributed by atoms with E-state index < -0.39 is 10.0 Å².